The zero-order valence-electron chi connectivity index (χ0n) is 10.8. The Balaban J connectivity index is 2.25. The molecule has 0 amide bonds. The second kappa shape index (κ2) is 5.36. The molecule has 94 valence electrons. The lowest BCUT2D eigenvalue weighted by Gasteiger charge is -2.10. The summed E-state index contributed by atoms with van der Waals surface area (Å²) in [4.78, 5) is 0. The molecule has 0 aliphatic heterocycles. The number of hydrogen-bond donors (Lipinski definition) is 1. The van der Waals surface area contributed by atoms with E-state index in [-0.39, 0.29) is 0 Å². The minimum atomic E-state index is 0.458. The normalized spacial score (nSPS) is 10.4. The van der Waals surface area contributed by atoms with Crippen LogP contribution in [0.2, 0.25) is 5.15 Å². The van der Waals surface area contributed by atoms with Crippen molar-refractivity contribution in [3.05, 3.63) is 46.1 Å². The van der Waals surface area contributed by atoms with Crippen molar-refractivity contribution in [2.75, 3.05) is 5.32 Å². The summed E-state index contributed by atoms with van der Waals surface area (Å²) in [6, 6.07) is 8.30. The van der Waals surface area contributed by atoms with Crippen LogP contribution in [-0.2, 0) is 6.42 Å². The average Bonchev–Trinajstić information content (AvgIpc) is 2.40. The summed E-state index contributed by atoms with van der Waals surface area (Å²) >= 11 is 5.93. The summed E-state index contributed by atoms with van der Waals surface area (Å²) in [5.41, 5.74) is 4.30. The van der Waals surface area contributed by atoms with Crippen molar-refractivity contribution in [1.82, 2.24) is 10.2 Å². The predicted molar refractivity (Wildman–Crippen MR) is 75.6 cm³/mol. The molecule has 2 rings (SSSR count). The Labute approximate surface area is 112 Å². The van der Waals surface area contributed by atoms with E-state index in [1.165, 1.54) is 5.56 Å². The Hall–Kier alpha value is -1.61. The van der Waals surface area contributed by atoms with E-state index in [1.807, 2.05) is 26.0 Å². The van der Waals surface area contributed by atoms with Gasteiger partial charge in [0.1, 0.15) is 0 Å². The molecule has 4 heteroatoms. The van der Waals surface area contributed by atoms with Crippen LogP contribution in [0.1, 0.15) is 23.6 Å². The highest BCUT2D eigenvalue weighted by Crippen LogP contribution is 2.23. The van der Waals surface area contributed by atoms with Crippen LogP contribution in [0.5, 0.6) is 0 Å². The van der Waals surface area contributed by atoms with Gasteiger partial charge in [-0.05, 0) is 49.1 Å². The van der Waals surface area contributed by atoms with Crippen LogP contribution in [0.25, 0.3) is 0 Å². The van der Waals surface area contributed by atoms with Crippen molar-refractivity contribution in [3.8, 4) is 0 Å². The number of anilines is 2. The minimum absolute atomic E-state index is 0.458. The van der Waals surface area contributed by atoms with Gasteiger partial charge in [0.15, 0.2) is 11.0 Å². The maximum Gasteiger partial charge on any atom is 0.156 e. The first-order valence-electron chi connectivity index (χ1n) is 5.97. The number of rotatable bonds is 3. The first-order chi connectivity index (χ1) is 8.61. The lowest BCUT2D eigenvalue weighted by molar-refractivity contribution is 1.00. The highest BCUT2D eigenvalue weighted by Gasteiger charge is 2.07. The van der Waals surface area contributed by atoms with Crippen LogP contribution in [-0.4, -0.2) is 10.2 Å². The molecular formula is C14H16ClN3. The second-order valence-corrected chi connectivity index (χ2v) is 4.62. The smallest absolute Gasteiger partial charge is 0.156 e. The second-order valence-electron chi connectivity index (χ2n) is 4.26. The highest BCUT2D eigenvalue weighted by atomic mass is 35.5. The first-order valence-corrected chi connectivity index (χ1v) is 6.35. The van der Waals surface area contributed by atoms with Crippen molar-refractivity contribution >= 4 is 23.1 Å². The van der Waals surface area contributed by atoms with Crippen molar-refractivity contribution in [2.24, 2.45) is 0 Å². The van der Waals surface area contributed by atoms with Gasteiger partial charge in [0.2, 0.25) is 0 Å². The molecule has 0 fully saturated rings. The van der Waals surface area contributed by atoms with Gasteiger partial charge in [0.05, 0.1) is 0 Å². The molecule has 1 aromatic heterocycles. The third kappa shape index (κ3) is 2.62. The van der Waals surface area contributed by atoms with Gasteiger partial charge in [0.25, 0.3) is 0 Å². The van der Waals surface area contributed by atoms with Crippen LogP contribution < -0.4 is 5.32 Å². The number of benzene rings is 1. The van der Waals surface area contributed by atoms with Gasteiger partial charge in [-0.3, -0.25) is 0 Å². The summed E-state index contributed by atoms with van der Waals surface area (Å²) in [5, 5.41) is 11.7. The molecule has 0 saturated carbocycles. The van der Waals surface area contributed by atoms with Crippen LogP contribution in [0.15, 0.2) is 24.3 Å². The zero-order valence-corrected chi connectivity index (χ0v) is 11.5. The van der Waals surface area contributed by atoms with Gasteiger partial charge < -0.3 is 5.32 Å². The standard InChI is InChI=1S/C14H16ClN3/c1-4-11-5-7-12(8-6-11)16-14-10(3)9(2)13(15)17-18-14/h5-8H,4H2,1-3H3,(H,16,18). The summed E-state index contributed by atoms with van der Waals surface area (Å²) in [5.74, 6) is 0.751. The molecular weight excluding hydrogens is 246 g/mol. The Morgan fingerprint density at radius 1 is 1.06 bits per heavy atom. The lowest BCUT2D eigenvalue weighted by Crippen LogP contribution is -2.01. The number of hydrogen-bond acceptors (Lipinski definition) is 3. The van der Waals surface area contributed by atoms with Crippen LogP contribution in [0, 0.1) is 13.8 Å². The molecule has 18 heavy (non-hydrogen) atoms. The predicted octanol–water partition coefficient (Wildman–Crippen LogP) is 4.05. The van der Waals surface area contributed by atoms with E-state index in [9.17, 15) is 0 Å². The van der Waals surface area contributed by atoms with E-state index in [0.29, 0.717) is 5.15 Å². The number of nitrogens with zero attached hydrogens (tertiary/aromatic N) is 2. The molecule has 0 radical (unpaired) electrons. The fraction of sp³-hybridized carbons (Fsp3) is 0.286. The van der Waals surface area contributed by atoms with Crippen LogP contribution in [0.4, 0.5) is 11.5 Å². The molecule has 1 aromatic carbocycles. The molecule has 0 aliphatic carbocycles. The topological polar surface area (TPSA) is 37.8 Å². The summed E-state index contributed by atoms with van der Waals surface area (Å²) in [6.45, 7) is 6.07. The van der Waals surface area contributed by atoms with Gasteiger partial charge in [-0.1, -0.05) is 30.7 Å². The number of halogens is 1. The largest absolute Gasteiger partial charge is 0.339 e. The fourth-order valence-corrected chi connectivity index (χ4v) is 1.84. The monoisotopic (exact) mass is 261 g/mol. The van der Waals surface area contributed by atoms with Crippen molar-refractivity contribution in [1.29, 1.82) is 0 Å². The minimum Gasteiger partial charge on any atom is -0.339 e. The maximum atomic E-state index is 5.93. The summed E-state index contributed by atoms with van der Waals surface area (Å²) in [6.07, 6.45) is 1.04. The summed E-state index contributed by atoms with van der Waals surface area (Å²) in [7, 11) is 0. The Bertz CT molecular complexity index is 550. The van der Waals surface area contributed by atoms with Crippen LogP contribution in [0.3, 0.4) is 0 Å². The number of aryl methyl sites for hydroxylation is 1. The number of nitrogens with one attached hydrogen (secondary N) is 1. The Kier molecular flexibility index (Phi) is 3.82. The van der Waals surface area contributed by atoms with Gasteiger partial charge in [-0.15, -0.1) is 10.2 Å². The number of aromatic nitrogens is 2. The molecule has 0 atom stereocenters. The fourth-order valence-electron chi connectivity index (χ4n) is 1.66. The van der Waals surface area contributed by atoms with E-state index in [2.05, 4.69) is 34.6 Å². The zero-order chi connectivity index (χ0) is 13.1. The van der Waals surface area contributed by atoms with E-state index in [0.717, 1.165) is 29.1 Å². The third-order valence-corrected chi connectivity index (χ3v) is 3.45. The van der Waals surface area contributed by atoms with Crippen molar-refractivity contribution < 1.29 is 0 Å². The molecule has 1 heterocycles. The lowest BCUT2D eigenvalue weighted by atomic mass is 10.1. The molecule has 0 saturated heterocycles. The molecule has 1 N–H and O–H groups in total. The molecule has 0 aliphatic rings. The van der Waals surface area contributed by atoms with Gasteiger partial charge in [-0.25, -0.2) is 0 Å². The Morgan fingerprint density at radius 2 is 1.72 bits per heavy atom. The van der Waals surface area contributed by atoms with Gasteiger partial charge >= 0.3 is 0 Å². The quantitative estimate of drug-likeness (QED) is 0.906. The molecule has 0 unspecified atom stereocenters. The van der Waals surface area contributed by atoms with Gasteiger partial charge in [-0.2, -0.15) is 0 Å². The maximum absolute atomic E-state index is 5.93. The van der Waals surface area contributed by atoms with E-state index in [4.69, 9.17) is 11.6 Å². The molecule has 2 aromatic rings. The van der Waals surface area contributed by atoms with Gasteiger partial charge in [0, 0.05) is 5.69 Å². The Morgan fingerprint density at radius 3 is 2.33 bits per heavy atom. The third-order valence-electron chi connectivity index (χ3n) is 3.09. The molecule has 3 nitrogen and oxygen atoms in total. The summed E-state index contributed by atoms with van der Waals surface area (Å²) < 4.78 is 0. The van der Waals surface area contributed by atoms with Crippen molar-refractivity contribution in [2.45, 2.75) is 27.2 Å². The SMILES string of the molecule is CCc1ccc(Nc2nnc(Cl)c(C)c2C)cc1. The van der Waals surface area contributed by atoms with E-state index in [1.54, 1.807) is 0 Å². The average molecular weight is 262 g/mol. The van der Waals surface area contributed by atoms with E-state index >= 15 is 0 Å². The molecule has 0 spiro atoms. The highest BCUT2D eigenvalue weighted by molar-refractivity contribution is 6.30. The first kappa shape index (κ1) is 12.8. The molecule has 0 bridgehead atoms. The van der Waals surface area contributed by atoms with Crippen LogP contribution >= 0.6 is 11.6 Å². The van der Waals surface area contributed by atoms with E-state index < -0.39 is 0 Å². The van der Waals surface area contributed by atoms with Crippen molar-refractivity contribution in [3.63, 3.8) is 0 Å².